The Labute approximate surface area is 174 Å². The first-order valence-electron chi connectivity index (χ1n) is 9.21. The zero-order chi connectivity index (χ0) is 21.4. The SMILES string of the molecule is CC(C)O[C@@H](Cc1cccc(C[C@H](F)COc2ccc(Cl)cc2C#N)c1)C(=O)O. The van der Waals surface area contributed by atoms with E-state index in [0.29, 0.717) is 5.02 Å². The number of benzene rings is 2. The average Bonchev–Trinajstić information content (AvgIpc) is 2.66. The van der Waals surface area contributed by atoms with E-state index < -0.39 is 18.2 Å². The third kappa shape index (κ3) is 7.37. The van der Waals surface area contributed by atoms with Crippen molar-refractivity contribution in [1.29, 1.82) is 5.26 Å². The summed E-state index contributed by atoms with van der Waals surface area (Å²) < 4.78 is 25.3. The number of rotatable bonds is 10. The second-order valence-corrected chi connectivity index (χ2v) is 7.34. The Hall–Kier alpha value is -2.62. The predicted octanol–water partition coefficient (Wildman–Crippen LogP) is 4.59. The van der Waals surface area contributed by atoms with Crippen LogP contribution in [0.25, 0.3) is 0 Å². The van der Waals surface area contributed by atoms with Gasteiger partial charge in [0, 0.05) is 17.9 Å². The van der Waals surface area contributed by atoms with E-state index in [0.717, 1.165) is 11.1 Å². The molecule has 0 saturated carbocycles. The lowest BCUT2D eigenvalue weighted by atomic mass is 10.0. The molecule has 0 aromatic heterocycles. The summed E-state index contributed by atoms with van der Waals surface area (Å²) in [5, 5.41) is 18.8. The molecule has 0 fully saturated rings. The Morgan fingerprint density at radius 3 is 2.52 bits per heavy atom. The number of carboxylic acid groups (broad SMARTS) is 1. The first-order valence-corrected chi connectivity index (χ1v) is 9.59. The quantitative estimate of drug-likeness (QED) is 0.609. The molecule has 1 N–H and O–H groups in total. The van der Waals surface area contributed by atoms with Gasteiger partial charge in [-0.1, -0.05) is 35.9 Å². The molecule has 154 valence electrons. The minimum Gasteiger partial charge on any atom is -0.489 e. The van der Waals surface area contributed by atoms with Crippen molar-refractivity contribution in [3.05, 3.63) is 64.2 Å². The summed E-state index contributed by atoms with van der Waals surface area (Å²) in [6.07, 6.45) is -2.16. The van der Waals surface area contributed by atoms with Gasteiger partial charge in [0.2, 0.25) is 0 Å². The molecule has 2 aromatic carbocycles. The normalized spacial score (nSPS) is 13.0. The summed E-state index contributed by atoms with van der Waals surface area (Å²) in [6, 6.07) is 13.6. The van der Waals surface area contributed by atoms with Gasteiger partial charge in [-0.15, -0.1) is 0 Å². The summed E-state index contributed by atoms with van der Waals surface area (Å²) in [4.78, 5) is 11.4. The van der Waals surface area contributed by atoms with Crippen molar-refractivity contribution in [2.24, 2.45) is 0 Å². The number of carbonyl (C=O) groups is 1. The number of hydrogen-bond donors (Lipinski definition) is 1. The molecule has 0 bridgehead atoms. The minimum atomic E-state index is -1.30. The summed E-state index contributed by atoms with van der Waals surface area (Å²) in [6.45, 7) is 3.34. The van der Waals surface area contributed by atoms with Crippen molar-refractivity contribution < 1.29 is 23.8 Å². The van der Waals surface area contributed by atoms with Crippen molar-refractivity contribution in [1.82, 2.24) is 0 Å². The molecule has 0 saturated heterocycles. The number of ether oxygens (including phenoxy) is 2. The Balaban J connectivity index is 1.97. The van der Waals surface area contributed by atoms with Crippen molar-refractivity contribution in [3.8, 4) is 11.8 Å². The second-order valence-electron chi connectivity index (χ2n) is 6.90. The smallest absolute Gasteiger partial charge is 0.333 e. The van der Waals surface area contributed by atoms with Crippen LogP contribution in [0.3, 0.4) is 0 Å². The number of nitrogens with zero attached hydrogens (tertiary/aromatic N) is 1. The third-order valence-corrected chi connectivity index (χ3v) is 4.30. The molecule has 5 nitrogen and oxygen atoms in total. The number of halogens is 2. The van der Waals surface area contributed by atoms with Gasteiger partial charge in [0.15, 0.2) is 6.10 Å². The fourth-order valence-corrected chi connectivity index (χ4v) is 3.00. The molecular formula is C22H23ClFNO4. The summed E-state index contributed by atoms with van der Waals surface area (Å²) in [5.41, 5.74) is 1.73. The molecule has 0 aliphatic heterocycles. The number of hydrogen-bond acceptors (Lipinski definition) is 4. The maximum absolute atomic E-state index is 14.4. The van der Waals surface area contributed by atoms with Gasteiger partial charge < -0.3 is 14.6 Å². The molecule has 2 rings (SSSR count). The fourth-order valence-electron chi connectivity index (χ4n) is 2.83. The monoisotopic (exact) mass is 419 g/mol. The lowest BCUT2D eigenvalue weighted by Crippen LogP contribution is -2.29. The molecule has 0 amide bonds. The maximum atomic E-state index is 14.4. The molecule has 0 radical (unpaired) electrons. The van der Waals surface area contributed by atoms with Crippen molar-refractivity contribution in [3.63, 3.8) is 0 Å². The van der Waals surface area contributed by atoms with E-state index in [2.05, 4.69) is 0 Å². The fraction of sp³-hybridized carbons (Fsp3) is 0.364. The number of aliphatic carboxylic acids is 1. The maximum Gasteiger partial charge on any atom is 0.333 e. The molecular weight excluding hydrogens is 397 g/mol. The van der Waals surface area contributed by atoms with E-state index in [1.54, 1.807) is 44.2 Å². The highest BCUT2D eigenvalue weighted by molar-refractivity contribution is 6.30. The molecule has 0 unspecified atom stereocenters. The van der Waals surface area contributed by atoms with Crippen LogP contribution in [0, 0.1) is 11.3 Å². The van der Waals surface area contributed by atoms with Crippen LogP contribution in [0.5, 0.6) is 5.75 Å². The molecule has 0 heterocycles. The highest BCUT2D eigenvalue weighted by Gasteiger charge is 2.20. The summed E-state index contributed by atoms with van der Waals surface area (Å²) in [5.74, 6) is -0.749. The Kier molecular flexibility index (Phi) is 8.44. The van der Waals surface area contributed by atoms with Crippen LogP contribution in [-0.2, 0) is 22.4 Å². The number of alkyl halides is 1. The van der Waals surface area contributed by atoms with Crippen LogP contribution in [0.15, 0.2) is 42.5 Å². The van der Waals surface area contributed by atoms with E-state index in [1.807, 2.05) is 6.07 Å². The number of nitriles is 1. The van der Waals surface area contributed by atoms with Crippen LogP contribution in [-0.4, -0.2) is 36.1 Å². The minimum absolute atomic E-state index is 0.103. The zero-order valence-corrected chi connectivity index (χ0v) is 17.0. The molecule has 2 aromatic rings. The van der Waals surface area contributed by atoms with E-state index in [-0.39, 0.29) is 36.9 Å². The Morgan fingerprint density at radius 1 is 1.21 bits per heavy atom. The van der Waals surface area contributed by atoms with E-state index in [1.165, 1.54) is 12.1 Å². The van der Waals surface area contributed by atoms with E-state index in [4.69, 9.17) is 26.3 Å². The van der Waals surface area contributed by atoms with Gasteiger partial charge in [-0.25, -0.2) is 9.18 Å². The molecule has 0 aliphatic rings. The standard InChI is InChI=1S/C22H23ClFNO4/c1-14(2)29-21(22(26)27)10-16-5-3-4-15(8-16)9-19(24)13-28-20-7-6-18(23)11-17(20)12-25/h3-8,11,14,19,21H,9-10,13H2,1-2H3,(H,26,27)/t19-,21-/m0/s1. The molecule has 0 spiro atoms. The first-order chi connectivity index (χ1) is 13.8. The van der Waals surface area contributed by atoms with Gasteiger partial charge >= 0.3 is 5.97 Å². The predicted molar refractivity (Wildman–Crippen MR) is 108 cm³/mol. The van der Waals surface area contributed by atoms with Gasteiger partial charge in [-0.3, -0.25) is 0 Å². The average molecular weight is 420 g/mol. The third-order valence-electron chi connectivity index (χ3n) is 4.06. The largest absolute Gasteiger partial charge is 0.489 e. The highest BCUT2D eigenvalue weighted by atomic mass is 35.5. The molecule has 29 heavy (non-hydrogen) atoms. The van der Waals surface area contributed by atoms with E-state index >= 15 is 0 Å². The van der Waals surface area contributed by atoms with Gasteiger partial charge in [-0.2, -0.15) is 5.26 Å². The second kappa shape index (κ2) is 10.8. The number of carboxylic acids is 1. The van der Waals surface area contributed by atoms with Crippen LogP contribution in [0.2, 0.25) is 5.02 Å². The van der Waals surface area contributed by atoms with Gasteiger partial charge in [0.05, 0.1) is 11.7 Å². The van der Waals surface area contributed by atoms with Gasteiger partial charge in [0.25, 0.3) is 0 Å². The molecule has 7 heteroatoms. The van der Waals surface area contributed by atoms with Crippen molar-refractivity contribution in [2.45, 2.75) is 45.1 Å². The topological polar surface area (TPSA) is 79.5 Å². The molecule has 2 atom stereocenters. The van der Waals surface area contributed by atoms with Crippen LogP contribution in [0.1, 0.15) is 30.5 Å². The lowest BCUT2D eigenvalue weighted by Gasteiger charge is -2.17. The first kappa shape index (κ1) is 22.7. The Bertz CT molecular complexity index is 881. The van der Waals surface area contributed by atoms with Crippen LogP contribution >= 0.6 is 11.6 Å². The van der Waals surface area contributed by atoms with Crippen molar-refractivity contribution in [2.75, 3.05) is 6.61 Å². The lowest BCUT2D eigenvalue weighted by molar-refractivity contribution is -0.153. The van der Waals surface area contributed by atoms with Gasteiger partial charge in [-0.05, 0) is 43.2 Å². The van der Waals surface area contributed by atoms with Crippen LogP contribution in [0.4, 0.5) is 4.39 Å². The van der Waals surface area contributed by atoms with Crippen molar-refractivity contribution >= 4 is 17.6 Å². The summed E-state index contributed by atoms with van der Waals surface area (Å²) >= 11 is 5.84. The zero-order valence-electron chi connectivity index (χ0n) is 16.3. The molecule has 0 aliphatic carbocycles. The van der Waals surface area contributed by atoms with E-state index in [9.17, 15) is 14.3 Å². The Morgan fingerprint density at radius 2 is 1.90 bits per heavy atom. The summed E-state index contributed by atoms with van der Waals surface area (Å²) in [7, 11) is 0. The highest BCUT2D eigenvalue weighted by Crippen LogP contribution is 2.23. The van der Waals surface area contributed by atoms with Crippen LogP contribution < -0.4 is 4.74 Å². The van der Waals surface area contributed by atoms with Gasteiger partial charge in [0.1, 0.15) is 24.6 Å².